The SMILES string of the molecule is CCCCC(C)CCCC(CC)(CC)CCC. The fourth-order valence-electron chi connectivity index (χ4n) is 3.13. The van der Waals surface area contributed by atoms with Gasteiger partial charge in [0.25, 0.3) is 0 Å². The molecule has 1 unspecified atom stereocenters. The summed E-state index contributed by atoms with van der Waals surface area (Å²) in [6, 6.07) is 0. The molecule has 0 bridgehead atoms. The minimum atomic E-state index is 0.666. The Hall–Kier alpha value is 0. The van der Waals surface area contributed by atoms with Crippen molar-refractivity contribution in [2.24, 2.45) is 11.3 Å². The van der Waals surface area contributed by atoms with Gasteiger partial charge in [-0.3, -0.25) is 0 Å². The van der Waals surface area contributed by atoms with Crippen LogP contribution >= 0.6 is 0 Å². The molecule has 0 nitrogen and oxygen atoms in total. The van der Waals surface area contributed by atoms with Gasteiger partial charge in [-0.05, 0) is 24.2 Å². The molecule has 17 heavy (non-hydrogen) atoms. The van der Waals surface area contributed by atoms with E-state index < -0.39 is 0 Å². The smallest absolute Gasteiger partial charge is 0.0303 e. The lowest BCUT2D eigenvalue weighted by Crippen LogP contribution is -2.18. The molecule has 0 aromatic heterocycles. The summed E-state index contributed by atoms with van der Waals surface area (Å²) in [5.41, 5.74) is 0.666. The standard InChI is InChI=1S/C17H36/c1-6-10-12-16(5)13-11-15-17(8-3,9-4)14-7-2/h16H,6-15H2,1-5H3. The van der Waals surface area contributed by atoms with Crippen molar-refractivity contribution in [2.45, 2.75) is 98.8 Å². The van der Waals surface area contributed by atoms with Gasteiger partial charge in [0.05, 0.1) is 0 Å². The fraction of sp³-hybridized carbons (Fsp3) is 1.00. The van der Waals surface area contributed by atoms with E-state index in [1.54, 1.807) is 0 Å². The molecule has 0 spiro atoms. The Balaban J connectivity index is 3.88. The van der Waals surface area contributed by atoms with Gasteiger partial charge in [0, 0.05) is 0 Å². The Morgan fingerprint density at radius 1 is 0.765 bits per heavy atom. The molecule has 0 saturated carbocycles. The Labute approximate surface area is 111 Å². The van der Waals surface area contributed by atoms with Crippen LogP contribution in [0.3, 0.4) is 0 Å². The number of hydrogen-bond acceptors (Lipinski definition) is 0. The highest BCUT2D eigenvalue weighted by Gasteiger charge is 2.24. The maximum atomic E-state index is 2.44. The molecule has 1 atom stereocenters. The van der Waals surface area contributed by atoms with Gasteiger partial charge in [0.15, 0.2) is 0 Å². The van der Waals surface area contributed by atoms with Crippen LogP contribution in [0.1, 0.15) is 98.8 Å². The predicted octanol–water partition coefficient (Wildman–Crippen LogP) is 6.59. The van der Waals surface area contributed by atoms with Gasteiger partial charge in [0.1, 0.15) is 0 Å². The fourth-order valence-corrected chi connectivity index (χ4v) is 3.13. The first kappa shape index (κ1) is 17.0. The summed E-state index contributed by atoms with van der Waals surface area (Å²) in [5.74, 6) is 0.947. The summed E-state index contributed by atoms with van der Waals surface area (Å²) < 4.78 is 0. The van der Waals surface area contributed by atoms with Gasteiger partial charge in [0.2, 0.25) is 0 Å². The Morgan fingerprint density at radius 3 is 1.82 bits per heavy atom. The van der Waals surface area contributed by atoms with Crippen molar-refractivity contribution in [2.75, 3.05) is 0 Å². The second-order valence-electron chi connectivity index (χ2n) is 6.10. The highest BCUT2D eigenvalue weighted by Crippen LogP contribution is 2.37. The molecular weight excluding hydrogens is 204 g/mol. The van der Waals surface area contributed by atoms with Crippen LogP contribution < -0.4 is 0 Å². The van der Waals surface area contributed by atoms with Crippen LogP contribution in [0.5, 0.6) is 0 Å². The Kier molecular flexibility index (Phi) is 9.97. The molecule has 0 aliphatic rings. The summed E-state index contributed by atoms with van der Waals surface area (Å²) in [5, 5.41) is 0. The molecule has 0 amide bonds. The van der Waals surface area contributed by atoms with Crippen molar-refractivity contribution in [3.8, 4) is 0 Å². The Morgan fingerprint density at radius 2 is 1.35 bits per heavy atom. The zero-order chi connectivity index (χ0) is 13.1. The molecule has 0 saturated heterocycles. The van der Waals surface area contributed by atoms with E-state index in [9.17, 15) is 0 Å². The lowest BCUT2D eigenvalue weighted by molar-refractivity contribution is 0.203. The van der Waals surface area contributed by atoms with E-state index in [-0.39, 0.29) is 0 Å². The molecule has 0 aliphatic heterocycles. The van der Waals surface area contributed by atoms with Crippen LogP contribution in [-0.4, -0.2) is 0 Å². The molecule has 0 rings (SSSR count). The molecule has 0 radical (unpaired) electrons. The minimum absolute atomic E-state index is 0.666. The first-order chi connectivity index (χ1) is 8.14. The van der Waals surface area contributed by atoms with E-state index in [0.717, 1.165) is 5.92 Å². The van der Waals surface area contributed by atoms with Gasteiger partial charge in [-0.15, -0.1) is 0 Å². The molecule has 0 heteroatoms. The minimum Gasteiger partial charge on any atom is -0.0654 e. The zero-order valence-electron chi connectivity index (χ0n) is 13.1. The van der Waals surface area contributed by atoms with Crippen molar-refractivity contribution in [1.29, 1.82) is 0 Å². The average Bonchev–Trinajstić information content (AvgIpc) is 2.35. The third-order valence-corrected chi connectivity index (χ3v) is 4.73. The quantitative estimate of drug-likeness (QED) is 0.382. The molecule has 0 aromatic rings. The lowest BCUT2D eigenvalue weighted by Gasteiger charge is -2.32. The maximum Gasteiger partial charge on any atom is -0.0303 e. The van der Waals surface area contributed by atoms with Crippen LogP contribution in [0.2, 0.25) is 0 Å². The normalized spacial score (nSPS) is 13.9. The molecule has 0 N–H and O–H groups in total. The third-order valence-electron chi connectivity index (χ3n) is 4.73. The topological polar surface area (TPSA) is 0 Å². The van der Waals surface area contributed by atoms with Gasteiger partial charge in [-0.2, -0.15) is 0 Å². The summed E-state index contributed by atoms with van der Waals surface area (Å²) in [7, 11) is 0. The first-order valence-electron chi connectivity index (χ1n) is 8.14. The van der Waals surface area contributed by atoms with E-state index in [2.05, 4.69) is 34.6 Å². The van der Waals surface area contributed by atoms with E-state index in [4.69, 9.17) is 0 Å². The summed E-state index contributed by atoms with van der Waals surface area (Å²) in [6.07, 6.45) is 14.1. The van der Waals surface area contributed by atoms with Gasteiger partial charge in [-0.1, -0.05) is 86.0 Å². The van der Waals surface area contributed by atoms with E-state index in [0.29, 0.717) is 5.41 Å². The highest BCUT2D eigenvalue weighted by atomic mass is 14.3. The van der Waals surface area contributed by atoms with Gasteiger partial charge < -0.3 is 0 Å². The molecule has 0 aromatic carbocycles. The number of unbranched alkanes of at least 4 members (excludes halogenated alkanes) is 1. The van der Waals surface area contributed by atoms with Crippen LogP contribution in [0.15, 0.2) is 0 Å². The lowest BCUT2D eigenvalue weighted by atomic mass is 9.74. The van der Waals surface area contributed by atoms with Crippen molar-refractivity contribution in [1.82, 2.24) is 0 Å². The van der Waals surface area contributed by atoms with Crippen LogP contribution in [0, 0.1) is 11.3 Å². The monoisotopic (exact) mass is 240 g/mol. The van der Waals surface area contributed by atoms with Gasteiger partial charge in [-0.25, -0.2) is 0 Å². The summed E-state index contributed by atoms with van der Waals surface area (Å²) in [6.45, 7) is 11.9. The van der Waals surface area contributed by atoms with Crippen molar-refractivity contribution in [3.63, 3.8) is 0 Å². The van der Waals surface area contributed by atoms with E-state index >= 15 is 0 Å². The van der Waals surface area contributed by atoms with Crippen molar-refractivity contribution in [3.05, 3.63) is 0 Å². The largest absolute Gasteiger partial charge is 0.0654 e. The number of hydrogen-bond donors (Lipinski definition) is 0. The molecule has 0 fully saturated rings. The second kappa shape index (κ2) is 9.97. The highest BCUT2D eigenvalue weighted by molar-refractivity contribution is 4.76. The predicted molar refractivity (Wildman–Crippen MR) is 80.5 cm³/mol. The maximum absolute atomic E-state index is 2.44. The number of rotatable bonds is 11. The third kappa shape index (κ3) is 7.11. The van der Waals surface area contributed by atoms with Gasteiger partial charge >= 0.3 is 0 Å². The first-order valence-corrected chi connectivity index (χ1v) is 8.14. The molecule has 0 aliphatic carbocycles. The van der Waals surface area contributed by atoms with E-state index in [1.165, 1.54) is 64.2 Å². The van der Waals surface area contributed by atoms with Crippen LogP contribution in [0.4, 0.5) is 0 Å². The van der Waals surface area contributed by atoms with Crippen molar-refractivity contribution < 1.29 is 0 Å². The average molecular weight is 240 g/mol. The zero-order valence-corrected chi connectivity index (χ0v) is 13.1. The molecule has 0 heterocycles. The summed E-state index contributed by atoms with van der Waals surface area (Å²) in [4.78, 5) is 0. The Bertz CT molecular complexity index is 155. The van der Waals surface area contributed by atoms with E-state index in [1.807, 2.05) is 0 Å². The summed E-state index contributed by atoms with van der Waals surface area (Å²) >= 11 is 0. The second-order valence-corrected chi connectivity index (χ2v) is 6.10. The van der Waals surface area contributed by atoms with Crippen LogP contribution in [0.25, 0.3) is 0 Å². The molecule has 104 valence electrons. The molecular formula is C17H36. The van der Waals surface area contributed by atoms with Crippen LogP contribution in [-0.2, 0) is 0 Å². The van der Waals surface area contributed by atoms with Crippen molar-refractivity contribution >= 4 is 0 Å².